The van der Waals surface area contributed by atoms with Crippen molar-refractivity contribution in [3.05, 3.63) is 12.3 Å². The van der Waals surface area contributed by atoms with Crippen LogP contribution in [0.4, 0.5) is 0 Å². The highest BCUT2D eigenvalue weighted by Crippen LogP contribution is 1.99. The Kier molecular flexibility index (Phi) is 1.69. The zero-order valence-corrected chi connectivity index (χ0v) is 5.09. The molecule has 0 bridgehead atoms. The lowest BCUT2D eigenvalue weighted by atomic mass is 10.7. The number of aromatic amines is 1. The van der Waals surface area contributed by atoms with Gasteiger partial charge in [0, 0.05) is 6.20 Å². The summed E-state index contributed by atoms with van der Waals surface area (Å²) >= 11 is 0. The van der Waals surface area contributed by atoms with E-state index in [4.69, 9.17) is 0 Å². The van der Waals surface area contributed by atoms with Gasteiger partial charge in [0.2, 0.25) is 0 Å². The minimum Gasteiger partial charge on any atom is -0.361 e. The van der Waals surface area contributed by atoms with Crippen LogP contribution in [0.2, 0.25) is 0 Å². The van der Waals surface area contributed by atoms with Crippen molar-refractivity contribution >= 4 is 11.0 Å². The summed E-state index contributed by atoms with van der Waals surface area (Å²) in [5.74, 6) is -0.0638. The van der Waals surface area contributed by atoms with Crippen molar-refractivity contribution in [2.24, 2.45) is 0 Å². The van der Waals surface area contributed by atoms with Gasteiger partial charge in [0.1, 0.15) is 0 Å². The lowest BCUT2D eigenvalue weighted by Gasteiger charge is -1.84. The average Bonchev–Trinajstić information content (AvgIpc) is 2.15. The van der Waals surface area contributed by atoms with E-state index in [1.54, 1.807) is 0 Å². The largest absolute Gasteiger partial charge is 0.361 e. The van der Waals surface area contributed by atoms with Crippen LogP contribution in [0, 0.1) is 6.07 Å². The van der Waals surface area contributed by atoms with Crippen LogP contribution in [0.25, 0.3) is 0 Å². The second kappa shape index (κ2) is 2.49. The molecule has 0 spiro atoms. The maximum absolute atomic E-state index is 9.81. The van der Waals surface area contributed by atoms with Crippen LogP contribution in [-0.4, -0.2) is 18.6 Å². The zero-order valence-electron chi connectivity index (χ0n) is 4.20. The van der Waals surface area contributed by atoms with Crippen LogP contribution >= 0.6 is 0 Å². The summed E-state index contributed by atoms with van der Waals surface area (Å²) in [6, 6.07) is 2.40. The Labute approximate surface area is 52.8 Å². The van der Waals surface area contributed by atoms with Gasteiger partial charge < -0.3 is 4.18 Å². The molecule has 5 nitrogen and oxygen atoms in total. The molecule has 0 aliphatic rings. The highest BCUT2D eigenvalue weighted by Gasteiger charge is 1.93. The summed E-state index contributed by atoms with van der Waals surface area (Å²) in [5, 5.41) is 5.71. The number of nitrogens with one attached hydrogen (secondary N) is 1. The van der Waals surface area contributed by atoms with Crippen LogP contribution in [0.5, 0.6) is 5.88 Å². The van der Waals surface area contributed by atoms with Gasteiger partial charge in [-0.25, -0.2) is 0 Å². The summed E-state index contributed by atoms with van der Waals surface area (Å²) in [4.78, 5) is 0. The first kappa shape index (κ1) is 6.09. The third kappa shape index (κ3) is 1.73. The number of H-pyrrole nitrogens is 1. The molecule has 0 aromatic carbocycles. The van der Waals surface area contributed by atoms with Gasteiger partial charge >= 0.3 is 11.0 Å². The third-order valence-electron chi connectivity index (χ3n) is 0.587. The zero-order chi connectivity index (χ0) is 6.69. The van der Waals surface area contributed by atoms with Gasteiger partial charge in [0.25, 0.3) is 5.88 Å². The number of hydrogen-bond donors (Lipinski definition) is 2. The van der Waals surface area contributed by atoms with E-state index in [1.165, 1.54) is 6.20 Å². The van der Waals surface area contributed by atoms with Crippen molar-refractivity contribution in [1.29, 1.82) is 0 Å². The summed E-state index contributed by atoms with van der Waals surface area (Å²) in [6.45, 7) is 0. The first-order chi connectivity index (χ1) is 4.29. The molecule has 0 aliphatic carbocycles. The average molecular weight is 147 g/mol. The lowest BCUT2D eigenvalue weighted by Crippen LogP contribution is -1.89. The number of thiol groups is 1. The minimum atomic E-state index is -2.86. The van der Waals surface area contributed by atoms with Gasteiger partial charge in [-0.05, 0) is 0 Å². The van der Waals surface area contributed by atoms with E-state index in [-0.39, 0.29) is 5.88 Å². The van der Waals surface area contributed by atoms with Crippen LogP contribution in [0.1, 0.15) is 0 Å². The highest BCUT2D eigenvalue weighted by atomic mass is 32.2. The Balaban J connectivity index is 2.68. The fourth-order valence-corrected chi connectivity index (χ4v) is 0.569. The predicted molar refractivity (Wildman–Crippen MR) is 28.4 cm³/mol. The van der Waals surface area contributed by atoms with Crippen molar-refractivity contribution in [2.75, 3.05) is 0 Å². The molecule has 0 unspecified atom stereocenters. The second-order valence-electron chi connectivity index (χ2n) is 1.15. The molecule has 1 N–H and O–H groups in total. The quantitative estimate of drug-likeness (QED) is 0.532. The van der Waals surface area contributed by atoms with Gasteiger partial charge in [-0.15, -0.1) is 5.10 Å². The van der Waals surface area contributed by atoms with E-state index in [0.717, 1.165) is 0 Å². The van der Waals surface area contributed by atoms with Crippen molar-refractivity contribution in [3.8, 4) is 5.88 Å². The number of aromatic nitrogens is 2. The Morgan fingerprint density at radius 1 is 1.78 bits per heavy atom. The maximum Gasteiger partial charge on any atom is 0.300 e. The van der Waals surface area contributed by atoms with E-state index in [1.807, 2.05) is 0 Å². The Bertz CT molecular complexity index is 232. The van der Waals surface area contributed by atoms with E-state index in [2.05, 4.69) is 20.4 Å². The topological polar surface area (TPSA) is 72.1 Å². The Morgan fingerprint density at radius 3 is 3.00 bits per heavy atom. The van der Waals surface area contributed by atoms with Crippen LogP contribution in [-0.2, 0) is 11.0 Å². The van der Waals surface area contributed by atoms with Crippen molar-refractivity contribution in [2.45, 2.75) is 0 Å². The highest BCUT2D eigenvalue weighted by molar-refractivity contribution is 7.67. The molecular formula is C3H3N2O3S. The second-order valence-corrected chi connectivity index (χ2v) is 1.78. The van der Waals surface area contributed by atoms with E-state index < -0.39 is 11.0 Å². The van der Waals surface area contributed by atoms with E-state index in [9.17, 15) is 8.42 Å². The van der Waals surface area contributed by atoms with Crippen molar-refractivity contribution < 1.29 is 12.6 Å². The molecule has 0 atom stereocenters. The molecule has 0 amide bonds. The Hall–Kier alpha value is -1.04. The third-order valence-corrected chi connectivity index (χ3v) is 0.909. The van der Waals surface area contributed by atoms with Crippen molar-refractivity contribution in [3.63, 3.8) is 0 Å². The van der Waals surface area contributed by atoms with Crippen molar-refractivity contribution in [1.82, 2.24) is 10.2 Å². The molecule has 1 aromatic rings. The smallest absolute Gasteiger partial charge is 0.300 e. The van der Waals surface area contributed by atoms with Crippen LogP contribution < -0.4 is 4.18 Å². The molecule has 9 heavy (non-hydrogen) atoms. The molecule has 0 saturated carbocycles. The van der Waals surface area contributed by atoms with Gasteiger partial charge in [0.15, 0.2) is 0 Å². The molecule has 1 radical (unpaired) electrons. The molecular weight excluding hydrogens is 144 g/mol. The van der Waals surface area contributed by atoms with Gasteiger partial charge in [-0.1, -0.05) is 0 Å². The molecule has 1 rings (SSSR count). The van der Waals surface area contributed by atoms with Gasteiger partial charge in [-0.3, -0.25) is 5.10 Å². The van der Waals surface area contributed by atoms with Gasteiger partial charge in [-0.2, -0.15) is 8.42 Å². The first-order valence-electron chi connectivity index (χ1n) is 2.03. The van der Waals surface area contributed by atoms with Crippen LogP contribution in [0.3, 0.4) is 0 Å². The van der Waals surface area contributed by atoms with Crippen LogP contribution in [0.15, 0.2) is 6.20 Å². The summed E-state index contributed by atoms with van der Waals surface area (Å²) < 4.78 is 23.7. The lowest BCUT2D eigenvalue weighted by molar-refractivity contribution is 0.498. The normalized spacial score (nSPS) is 9.89. The number of rotatable bonds is 2. The molecule has 0 fully saturated rings. The maximum atomic E-state index is 9.81. The van der Waals surface area contributed by atoms with E-state index in [0.29, 0.717) is 0 Å². The first-order valence-corrected chi connectivity index (χ1v) is 3.12. The Morgan fingerprint density at radius 2 is 2.56 bits per heavy atom. The SMILES string of the molecule is O=[SH](=O)Oc1[c]c[nH]n1. The predicted octanol–water partition coefficient (Wildman–Crippen LogP) is -0.885. The fraction of sp³-hybridized carbons (Fsp3) is 0. The van der Waals surface area contributed by atoms with Gasteiger partial charge in [0.05, 0.1) is 6.07 Å². The fourth-order valence-electron chi connectivity index (χ4n) is 0.335. The number of nitrogens with zero attached hydrogens (tertiary/aromatic N) is 1. The molecule has 0 aliphatic heterocycles. The molecule has 49 valence electrons. The minimum absolute atomic E-state index is 0.0638. The molecule has 1 heterocycles. The monoisotopic (exact) mass is 147 g/mol. The summed E-state index contributed by atoms with van der Waals surface area (Å²) in [6.07, 6.45) is 1.34. The number of hydrogen-bond acceptors (Lipinski definition) is 4. The molecule has 6 heteroatoms. The standard InChI is InChI=1S/C3H3N2O3S/c6-9(7)8-3-1-2-4-5-3/h2,9H,(H,4,5). The molecule has 0 saturated heterocycles. The molecule has 1 aromatic heterocycles. The summed E-state index contributed by atoms with van der Waals surface area (Å²) in [7, 11) is -2.86. The summed E-state index contributed by atoms with van der Waals surface area (Å²) in [5.41, 5.74) is 0. The van der Waals surface area contributed by atoms with E-state index >= 15 is 0 Å².